The van der Waals surface area contributed by atoms with Gasteiger partial charge in [-0.25, -0.2) is 10.2 Å². The second-order valence-electron chi connectivity index (χ2n) is 4.40. The molecule has 0 saturated carbocycles. The van der Waals surface area contributed by atoms with Gasteiger partial charge in [-0.3, -0.25) is 4.79 Å². The Morgan fingerprint density at radius 2 is 1.87 bits per heavy atom. The van der Waals surface area contributed by atoms with Crippen molar-refractivity contribution < 1.29 is 19.4 Å². The maximum Gasteiger partial charge on any atom is 0.341 e. The molecule has 23 heavy (non-hydrogen) atoms. The van der Waals surface area contributed by atoms with Crippen molar-refractivity contribution in [2.75, 3.05) is 6.61 Å². The van der Waals surface area contributed by atoms with Gasteiger partial charge in [0.25, 0.3) is 5.91 Å². The van der Waals surface area contributed by atoms with Crippen LogP contribution in [-0.4, -0.2) is 29.8 Å². The number of carbonyl (C=O) groups is 2. The minimum absolute atomic E-state index is 0.363. The number of nitrogens with zero attached hydrogens (tertiary/aromatic N) is 1. The van der Waals surface area contributed by atoms with Crippen molar-refractivity contribution in [1.82, 2.24) is 5.43 Å². The molecule has 1 amide bonds. The van der Waals surface area contributed by atoms with Gasteiger partial charge in [0.15, 0.2) is 6.61 Å². The van der Waals surface area contributed by atoms with E-state index in [2.05, 4.69) is 26.5 Å². The van der Waals surface area contributed by atoms with E-state index in [1.165, 1.54) is 6.21 Å². The smallest absolute Gasteiger partial charge is 0.341 e. The molecule has 0 fully saturated rings. The van der Waals surface area contributed by atoms with Gasteiger partial charge >= 0.3 is 5.97 Å². The van der Waals surface area contributed by atoms with Gasteiger partial charge in [0, 0.05) is 10.0 Å². The predicted octanol–water partition coefficient (Wildman–Crippen LogP) is 2.68. The largest absolute Gasteiger partial charge is 0.481 e. The zero-order chi connectivity index (χ0) is 16.7. The average molecular weight is 377 g/mol. The fourth-order valence-corrected chi connectivity index (χ4v) is 2.19. The molecule has 2 N–H and O–H groups in total. The SMILES string of the molecule is O=C(O)COc1ccccc1C=NNC(=O)c1ccccc1Br. The molecule has 0 aliphatic heterocycles. The molecular formula is C16H13BrN2O4. The number of carboxylic acid groups (broad SMARTS) is 1. The molecule has 0 aliphatic carbocycles. The lowest BCUT2D eigenvalue weighted by Crippen LogP contribution is -2.18. The number of hydrogen-bond donors (Lipinski definition) is 2. The van der Waals surface area contributed by atoms with Crippen LogP contribution in [-0.2, 0) is 4.79 Å². The standard InChI is InChI=1S/C16H13BrN2O4/c17-13-7-3-2-6-12(13)16(22)19-18-9-11-5-1-4-8-14(11)23-10-15(20)21/h1-9H,10H2,(H,19,22)(H,20,21). The molecule has 0 radical (unpaired) electrons. The van der Waals surface area contributed by atoms with Crippen LogP contribution in [0.1, 0.15) is 15.9 Å². The van der Waals surface area contributed by atoms with Crippen LogP contribution in [0.3, 0.4) is 0 Å². The lowest BCUT2D eigenvalue weighted by Gasteiger charge is -2.06. The van der Waals surface area contributed by atoms with Gasteiger partial charge < -0.3 is 9.84 Å². The summed E-state index contributed by atoms with van der Waals surface area (Å²) in [4.78, 5) is 22.5. The molecule has 6 nitrogen and oxygen atoms in total. The molecule has 7 heteroatoms. The van der Waals surface area contributed by atoms with Crippen LogP contribution < -0.4 is 10.2 Å². The van der Waals surface area contributed by atoms with Crippen molar-refractivity contribution >= 4 is 34.0 Å². The average Bonchev–Trinajstić information content (AvgIpc) is 2.54. The van der Waals surface area contributed by atoms with Gasteiger partial charge in [-0.05, 0) is 40.2 Å². The Kier molecular flexibility index (Phi) is 5.87. The van der Waals surface area contributed by atoms with E-state index in [4.69, 9.17) is 9.84 Å². The second kappa shape index (κ2) is 8.09. The van der Waals surface area contributed by atoms with E-state index >= 15 is 0 Å². The molecule has 2 rings (SSSR count). The van der Waals surface area contributed by atoms with Gasteiger partial charge in [-0.2, -0.15) is 5.10 Å². The zero-order valence-electron chi connectivity index (χ0n) is 11.9. The van der Waals surface area contributed by atoms with Crippen molar-refractivity contribution in [3.05, 3.63) is 64.1 Å². The van der Waals surface area contributed by atoms with Gasteiger partial charge in [0.2, 0.25) is 0 Å². The Morgan fingerprint density at radius 3 is 2.61 bits per heavy atom. The first kappa shape index (κ1) is 16.7. The number of para-hydroxylation sites is 1. The summed E-state index contributed by atoms with van der Waals surface area (Å²) in [6, 6.07) is 13.8. The van der Waals surface area contributed by atoms with Gasteiger partial charge in [0.05, 0.1) is 11.8 Å². The number of nitrogens with one attached hydrogen (secondary N) is 1. The van der Waals surface area contributed by atoms with Crippen molar-refractivity contribution in [3.63, 3.8) is 0 Å². The number of carbonyl (C=O) groups excluding carboxylic acids is 1. The summed E-state index contributed by atoms with van der Waals surface area (Å²) < 4.78 is 5.81. The van der Waals surface area contributed by atoms with E-state index in [9.17, 15) is 9.59 Å². The summed E-state index contributed by atoms with van der Waals surface area (Å²) in [5, 5.41) is 12.5. The molecule has 0 bridgehead atoms. The highest BCUT2D eigenvalue weighted by Crippen LogP contribution is 2.16. The summed E-state index contributed by atoms with van der Waals surface area (Å²) in [5.74, 6) is -1.06. The van der Waals surface area contributed by atoms with E-state index < -0.39 is 12.6 Å². The molecule has 2 aromatic carbocycles. The van der Waals surface area contributed by atoms with Crippen LogP contribution in [0.25, 0.3) is 0 Å². The van der Waals surface area contributed by atoms with E-state index in [0.717, 1.165) is 0 Å². The summed E-state index contributed by atoms with van der Waals surface area (Å²) in [6.45, 7) is -0.450. The predicted molar refractivity (Wildman–Crippen MR) is 88.8 cm³/mol. The quantitative estimate of drug-likeness (QED) is 0.599. The minimum atomic E-state index is -1.07. The molecule has 0 saturated heterocycles. The Hall–Kier alpha value is -2.67. The van der Waals surface area contributed by atoms with Crippen LogP contribution in [0.5, 0.6) is 5.75 Å². The summed E-state index contributed by atoms with van der Waals surface area (Å²) in [7, 11) is 0. The molecule has 118 valence electrons. The van der Waals surface area contributed by atoms with Crippen LogP contribution >= 0.6 is 15.9 Å². The summed E-state index contributed by atoms with van der Waals surface area (Å²) in [5.41, 5.74) is 3.42. The van der Waals surface area contributed by atoms with Crippen LogP contribution in [0, 0.1) is 0 Å². The Bertz CT molecular complexity index is 746. The van der Waals surface area contributed by atoms with Crippen LogP contribution in [0.4, 0.5) is 0 Å². The molecule has 0 heterocycles. The lowest BCUT2D eigenvalue weighted by molar-refractivity contribution is -0.139. The fraction of sp³-hybridized carbons (Fsp3) is 0.0625. The van der Waals surface area contributed by atoms with Crippen molar-refractivity contribution in [2.45, 2.75) is 0 Å². The van der Waals surface area contributed by atoms with E-state index in [1.54, 1.807) is 48.5 Å². The van der Waals surface area contributed by atoms with Crippen LogP contribution in [0.2, 0.25) is 0 Å². The third kappa shape index (κ3) is 4.93. The first-order valence-corrected chi connectivity index (χ1v) is 7.39. The van der Waals surface area contributed by atoms with Crippen molar-refractivity contribution in [1.29, 1.82) is 0 Å². The normalized spacial score (nSPS) is 10.5. The third-order valence-electron chi connectivity index (χ3n) is 2.76. The van der Waals surface area contributed by atoms with Gasteiger partial charge in [0.1, 0.15) is 5.75 Å². The zero-order valence-corrected chi connectivity index (χ0v) is 13.5. The Labute approximate surface area is 140 Å². The highest BCUT2D eigenvalue weighted by Gasteiger charge is 2.08. The minimum Gasteiger partial charge on any atom is -0.481 e. The number of hydrazone groups is 1. The Balaban J connectivity index is 2.05. The highest BCUT2D eigenvalue weighted by atomic mass is 79.9. The molecular weight excluding hydrogens is 364 g/mol. The third-order valence-corrected chi connectivity index (χ3v) is 3.45. The molecule has 0 unspecified atom stereocenters. The fourth-order valence-electron chi connectivity index (χ4n) is 1.72. The van der Waals surface area contributed by atoms with Crippen LogP contribution in [0.15, 0.2) is 58.1 Å². The number of aliphatic carboxylic acids is 1. The Morgan fingerprint density at radius 1 is 1.17 bits per heavy atom. The number of rotatable bonds is 6. The van der Waals surface area contributed by atoms with Gasteiger partial charge in [-0.1, -0.05) is 24.3 Å². The summed E-state index contributed by atoms with van der Waals surface area (Å²) in [6.07, 6.45) is 1.39. The molecule has 2 aromatic rings. The van der Waals surface area contributed by atoms with E-state index in [1.807, 2.05) is 0 Å². The molecule has 0 aromatic heterocycles. The highest BCUT2D eigenvalue weighted by molar-refractivity contribution is 9.10. The lowest BCUT2D eigenvalue weighted by atomic mass is 10.2. The first-order valence-electron chi connectivity index (χ1n) is 6.59. The molecule has 0 aliphatic rings. The maximum atomic E-state index is 12.0. The maximum absolute atomic E-state index is 12.0. The monoisotopic (exact) mass is 376 g/mol. The number of benzene rings is 2. The number of halogens is 1. The first-order chi connectivity index (χ1) is 11.1. The van der Waals surface area contributed by atoms with Crippen molar-refractivity contribution in [3.8, 4) is 5.75 Å². The van der Waals surface area contributed by atoms with Gasteiger partial charge in [-0.15, -0.1) is 0 Å². The van der Waals surface area contributed by atoms with E-state index in [-0.39, 0.29) is 5.91 Å². The molecule has 0 atom stereocenters. The molecule has 0 spiro atoms. The van der Waals surface area contributed by atoms with E-state index in [0.29, 0.717) is 21.3 Å². The van der Waals surface area contributed by atoms with Crippen molar-refractivity contribution in [2.24, 2.45) is 5.10 Å². The number of hydrogen-bond acceptors (Lipinski definition) is 4. The number of carboxylic acids is 1. The summed E-state index contributed by atoms with van der Waals surface area (Å²) >= 11 is 3.29. The number of ether oxygens (including phenoxy) is 1. The second-order valence-corrected chi connectivity index (χ2v) is 5.25. The number of amides is 1. The topological polar surface area (TPSA) is 88.0 Å².